The van der Waals surface area contributed by atoms with Gasteiger partial charge in [0.2, 0.25) is 0 Å². The first kappa shape index (κ1) is 23.8. The van der Waals surface area contributed by atoms with Crippen LogP contribution >= 0.6 is 35.3 Å². The molecule has 1 saturated heterocycles. The van der Waals surface area contributed by atoms with Crippen molar-refractivity contribution in [3.05, 3.63) is 53.1 Å². The number of halogens is 2. The van der Waals surface area contributed by atoms with Crippen LogP contribution in [0.4, 0.5) is 5.13 Å². The van der Waals surface area contributed by atoms with Gasteiger partial charge in [-0.15, -0.1) is 12.4 Å². The third-order valence-corrected chi connectivity index (χ3v) is 6.24. The molecule has 0 spiro atoms. The summed E-state index contributed by atoms with van der Waals surface area (Å²) in [7, 11) is 0. The van der Waals surface area contributed by atoms with Crippen LogP contribution in [0.1, 0.15) is 5.56 Å². The minimum atomic E-state index is -0.116. The molecule has 0 bridgehead atoms. The highest BCUT2D eigenvalue weighted by atomic mass is 35.5. The number of ether oxygens (including phenoxy) is 2. The number of aryl methyl sites for hydroxylation is 1. The zero-order valence-corrected chi connectivity index (χ0v) is 19.6. The van der Waals surface area contributed by atoms with Gasteiger partial charge in [0.25, 0.3) is 5.91 Å². The molecule has 0 aliphatic carbocycles. The molecule has 166 valence electrons. The normalized spacial score (nSPS) is 14.3. The van der Waals surface area contributed by atoms with Gasteiger partial charge in [0, 0.05) is 31.2 Å². The molecule has 6 nitrogen and oxygen atoms in total. The Morgan fingerprint density at radius 2 is 2.06 bits per heavy atom. The molecule has 31 heavy (non-hydrogen) atoms. The zero-order chi connectivity index (χ0) is 20.9. The SMILES string of the molecule is Cc1cccc(OCC(=O)N(CCN2CCOCC2)c2nc3ccc(Cl)cc3s2)c1.Cl. The highest BCUT2D eigenvalue weighted by Crippen LogP contribution is 2.31. The number of nitrogens with zero attached hydrogens (tertiary/aromatic N) is 3. The molecule has 3 aromatic rings. The summed E-state index contributed by atoms with van der Waals surface area (Å²) in [4.78, 5) is 21.8. The number of benzene rings is 2. The van der Waals surface area contributed by atoms with Crippen molar-refractivity contribution in [1.29, 1.82) is 0 Å². The van der Waals surface area contributed by atoms with E-state index < -0.39 is 0 Å². The van der Waals surface area contributed by atoms with Gasteiger partial charge in [0.15, 0.2) is 11.7 Å². The maximum Gasteiger partial charge on any atom is 0.266 e. The smallest absolute Gasteiger partial charge is 0.266 e. The fraction of sp³-hybridized carbons (Fsp3) is 0.364. The van der Waals surface area contributed by atoms with E-state index in [9.17, 15) is 4.79 Å². The summed E-state index contributed by atoms with van der Waals surface area (Å²) < 4.78 is 12.1. The second-order valence-electron chi connectivity index (χ2n) is 7.21. The number of carbonyl (C=O) groups excluding carboxylic acids is 1. The Labute approximate surface area is 197 Å². The van der Waals surface area contributed by atoms with Crippen LogP contribution in [0, 0.1) is 6.92 Å². The van der Waals surface area contributed by atoms with E-state index in [1.165, 1.54) is 11.3 Å². The predicted molar refractivity (Wildman–Crippen MR) is 128 cm³/mol. The van der Waals surface area contributed by atoms with Gasteiger partial charge in [-0.3, -0.25) is 14.6 Å². The fourth-order valence-corrected chi connectivity index (χ4v) is 4.61. The molecule has 1 aliphatic rings. The number of morpholine rings is 1. The summed E-state index contributed by atoms with van der Waals surface area (Å²) in [6.45, 7) is 6.46. The van der Waals surface area contributed by atoms with Gasteiger partial charge in [0.05, 0.1) is 23.4 Å². The molecule has 0 atom stereocenters. The number of hydrogen-bond donors (Lipinski definition) is 0. The quantitative estimate of drug-likeness (QED) is 0.499. The van der Waals surface area contributed by atoms with Gasteiger partial charge in [-0.05, 0) is 42.8 Å². The monoisotopic (exact) mass is 481 g/mol. The van der Waals surface area contributed by atoms with Crippen LogP contribution in [0.15, 0.2) is 42.5 Å². The Bertz CT molecular complexity index is 1020. The summed E-state index contributed by atoms with van der Waals surface area (Å²) in [5, 5.41) is 1.32. The maximum absolute atomic E-state index is 13.1. The Balaban J connectivity index is 0.00000272. The Morgan fingerprint density at radius 1 is 1.26 bits per heavy atom. The first-order chi connectivity index (χ1) is 14.6. The van der Waals surface area contributed by atoms with Crippen molar-refractivity contribution < 1.29 is 14.3 Å². The second kappa shape index (κ2) is 11.1. The van der Waals surface area contributed by atoms with Gasteiger partial charge in [-0.1, -0.05) is 35.1 Å². The highest BCUT2D eigenvalue weighted by Gasteiger charge is 2.22. The molecule has 1 aromatic heterocycles. The summed E-state index contributed by atoms with van der Waals surface area (Å²) >= 11 is 7.59. The molecule has 4 rings (SSSR count). The van der Waals surface area contributed by atoms with E-state index in [4.69, 9.17) is 21.1 Å². The van der Waals surface area contributed by atoms with Crippen LogP contribution in [0.5, 0.6) is 5.75 Å². The molecule has 2 aromatic carbocycles. The molecule has 1 aliphatic heterocycles. The zero-order valence-electron chi connectivity index (χ0n) is 17.3. The Morgan fingerprint density at radius 3 is 2.84 bits per heavy atom. The van der Waals surface area contributed by atoms with E-state index in [0.717, 1.165) is 48.6 Å². The minimum Gasteiger partial charge on any atom is -0.484 e. The first-order valence-corrected chi connectivity index (χ1v) is 11.1. The van der Waals surface area contributed by atoms with E-state index in [-0.39, 0.29) is 24.9 Å². The number of hydrogen-bond acceptors (Lipinski definition) is 6. The van der Waals surface area contributed by atoms with Crippen LogP contribution in [0.3, 0.4) is 0 Å². The lowest BCUT2D eigenvalue weighted by Crippen LogP contribution is -2.44. The average Bonchev–Trinajstić information content (AvgIpc) is 3.16. The van der Waals surface area contributed by atoms with E-state index in [1.807, 2.05) is 49.4 Å². The predicted octanol–water partition coefficient (Wildman–Crippen LogP) is 4.42. The number of fused-ring (bicyclic) bond motifs is 1. The summed E-state index contributed by atoms with van der Waals surface area (Å²) in [5.41, 5.74) is 1.93. The Hall–Kier alpha value is -1.90. The largest absolute Gasteiger partial charge is 0.484 e. The van der Waals surface area contributed by atoms with Gasteiger partial charge in [-0.25, -0.2) is 4.98 Å². The summed E-state index contributed by atoms with van der Waals surface area (Å²) in [6, 6.07) is 13.3. The molecule has 1 amide bonds. The summed E-state index contributed by atoms with van der Waals surface area (Å²) in [5.74, 6) is 0.572. The van der Waals surface area contributed by atoms with Crippen molar-refractivity contribution in [2.75, 3.05) is 50.9 Å². The van der Waals surface area contributed by atoms with Crippen molar-refractivity contribution in [3.8, 4) is 5.75 Å². The van der Waals surface area contributed by atoms with Crippen LogP contribution in [-0.2, 0) is 9.53 Å². The molecular weight excluding hydrogens is 457 g/mol. The molecule has 9 heteroatoms. The van der Waals surface area contributed by atoms with Gasteiger partial charge < -0.3 is 9.47 Å². The number of rotatable bonds is 7. The van der Waals surface area contributed by atoms with Crippen LogP contribution in [-0.4, -0.2) is 61.8 Å². The Kier molecular flexibility index (Phi) is 8.51. The van der Waals surface area contributed by atoms with Crippen molar-refractivity contribution in [3.63, 3.8) is 0 Å². The van der Waals surface area contributed by atoms with E-state index >= 15 is 0 Å². The van der Waals surface area contributed by atoms with E-state index in [0.29, 0.717) is 22.4 Å². The fourth-order valence-electron chi connectivity index (χ4n) is 3.32. The average molecular weight is 482 g/mol. The van der Waals surface area contributed by atoms with Crippen molar-refractivity contribution in [2.45, 2.75) is 6.92 Å². The van der Waals surface area contributed by atoms with Crippen LogP contribution in [0.2, 0.25) is 5.02 Å². The number of amides is 1. The minimum absolute atomic E-state index is 0. The second-order valence-corrected chi connectivity index (χ2v) is 8.66. The molecule has 0 unspecified atom stereocenters. The van der Waals surface area contributed by atoms with Crippen molar-refractivity contribution >= 4 is 56.6 Å². The van der Waals surface area contributed by atoms with Gasteiger partial charge >= 0.3 is 0 Å². The lowest BCUT2D eigenvalue weighted by atomic mass is 10.2. The molecular formula is C22H25Cl2N3O3S. The highest BCUT2D eigenvalue weighted by molar-refractivity contribution is 7.22. The molecule has 1 fully saturated rings. The van der Waals surface area contributed by atoms with Gasteiger partial charge in [-0.2, -0.15) is 0 Å². The number of aromatic nitrogens is 1. The van der Waals surface area contributed by atoms with E-state index in [1.54, 1.807) is 4.90 Å². The number of anilines is 1. The van der Waals surface area contributed by atoms with Gasteiger partial charge in [0.1, 0.15) is 5.75 Å². The summed E-state index contributed by atoms with van der Waals surface area (Å²) in [6.07, 6.45) is 0. The number of carbonyl (C=O) groups is 1. The molecule has 0 saturated carbocycles. The van der Waals surface area contributed by atoms with Crippen LogP contribution in [0.25, 0.3) is 10.2 Å². The maximum atomic E-state index is 13.1. The lowest BCUT2D eigenvalue weighted by molar-refractivity contribution is -0.120. The molecule has 0 radical (unpaired) electrons. The topological polar surface area (TPSA) is 54.9 Å². The van der Waals surface area contributed by atoms with E-state index in [2.05, 4.69) is 9.88 Å². The standard InChI is InChI=1S/C22H24ClN3O3S.ClH/c1-16-3-2-4-18(13-16)29-15-21(27)26(8-7-25-9-11-28-12-10-25)22-24-19-6-5-17(23)14-20(19)30-22;/h2-6,13-14H,7-12,15H2,1H3;1H. The third-order valence-electron chi connectivity index (χ3n) is 4.97. The third kappa shape index (κ3) is 6.30. The van der Waals surface area contributed by atoms with Crippen molar-refractivity contribution in [2.24, 2.45) is 0 Å². The van der Waals surface area contributed by atoms with Crippen molar-refractivity contribution in [1.82, 2.24) is 9.88 Å². The lowest BCUT2D eigenvalue weighted by Gasteiger charge is -2.29. The van der Waals surface area contributed by atoms with Crippen LogP contribution < -0.4 is 9.64 Å². The number of thiazole rings is 1. The molecule has 2 heterocycles. The first-order valence-electron chi connectivity index (χ1n) is 9.94. The molecule has 0 N–H and O–H groups in total.